The van der Waals surface area contributed by atoms with Crippen molar-refractivity contribution >= 4 is 5.82 Å². The standard InChI is InChI=1S/C25H25FN4O3/c1-4-32-24-12-18(8-9-23(24)33-15-19-6-5-7-21(26)11-19)14-28-30-25-22(13-27)20(16-31-3)10-17(2)29-25/h5-12H,4,14-16H2,1-3H3. The van der Waals surface area contributed by atoms with Crippen molar-refractivity contribution in [1.82, 2.24) is 4.98 Å². The normalized spacial score (nSPS) is 10.9. The van der Waals surface area contributed by atoms with Gasteiger partial charge in [0.05, 0.1) is 19.8 Å². The van der Waals surface area contributed by atoms with Crippen LogP contribution >= 0.6 is 0 Å². The van der Waals surface area contributed by atoms with E-state index in [1.54, 1.807) is 31.4 Å². The first kappa shape index (κ1) is 23.8. The van der Waals surface area contributed by atoms with E-state index in [9.17, 15) is 9.65 Å². The maximum Gasteiger partial charge on any atom is 0.192 e. The lowest BCUT2D eigenvalue weighted by molar-refractivity contribution is 0.184. The summed E-state index contributed by atoms with van der Waals surface area (Å²) in [6.07, 6.45) is 0. The quantitative estimate of drug-likeness (QED) is 0.365. The van der Waals surface area contributed by atoms with E-state index in [0.717, 1.165) is 22.4 Å². The number of benzene rings is 2. The zero-order valence-corrected chi connectivity index (χ0v) is 18.8. The van der Waals surface area contributed by atoms with Crippen molar-refractivity contribution < 1.29 is 18.6 Å². The first-order chi connectivity index (χ1) is 16.0. The molecule has 7 nitrogen and oxygen atoms in total. The van der Waals surface area contributed by atoms with Gasteiger partial charge in [-0.25, -0.2) is 9.37 Å². The Hall–Kier alpha value is -3.83. The number of aromatic nitrogens is 1. The highest BCUT2D eigenvalue weighted by atomic mass is 19.1. The third kappa shape index (κ3) is 6.57. The third-order valence-corrected chi connectivity index (χ3v) is 4.63. The maximum absolute atomic E-state index is 13.4. The van der Waals surface area contributed by atoms with Crippen LogP contribution in [0.25, 0.3) is 0 Å². The van der Waals surface area contributed by atoms with Crippen molar-refractivity contribution in [2.45, 2.75) is 33.6 Å². The molecular weight excluding hydrogens is 423 g/mol. The minimum Gasteiger partial charge on any atom is -0.490 e. The molecule has 0 spiro atoms. The predicted octanol–water partition coefficient (Wildman–Crippen LogP) is 5.81. The fourth-order valence-corrected chi connectivity index (χ4v) is 3.20. The van der Waals surface area contributed by atoms with Crippen molar-refractivity contribution in [3.05, 3.63) is 82.3 Å². The number of nitriles is 1. The summed E-state index contributed by atoms with van der Waals surface area (Å²) >= 11 is 0. The Morgan fingerprint density at radius 3 is 2.61 bits per heavy atom. The lowest BCUT2D eigenvalue weighted by atomic mass is 10.1. The van der Waals surface area contributed by atoms with Crippen molar-refractivity contribution in [3.63, 3.8) is 0 Å². The van der Waals surface area contributed by atoms with E-state index in [-0.39, 0.29) is 24.8 Å². The molecule has 1 aromatic heterocycles. The monoisotopic (exact) mass is 448 g/mol. The molecule has 0 aliphatic carbocycles. The average molecular weight is 448 g/mol. The zero-order valence-electron chi connectivity index (χ0n) is 18.8. The minimum absolute atomic E-state index is 0.219. The van der Waals surface area contributed by atoms with Crippen LogP contribution in [0.2, 0.25) is 0 Å². The van der Waals surface area contributed by atoms with Gasteiger partial charge in [0.1, 0.15) is 24.1 Å². The summed E-state index contributed by atoms with van der Waals surface area (Å²) in [6, 6.07) is 15.7. The predicted molar refractivity (Wildman–Crippen MR) is 121 cm³/mol. The van der Waals surface area contributed by atoms with Crippen molar-refractivity contribution in [3.8, 4) is 17.6 Å². The Morgan fingerprint density at radius 2 is 1.88 bits per heavy atom. The number of nitrogens with zero attached hydrogens (tertiary/aromatic N) is 4. The topological polar surface area (TPSA) is 89.1 Å². The van der Waals surface area contributed by atoms with Crippen LogP contribution in [-0.2, 0) is 24.5 Å². The summed E-state index contributed by atoms with van der Waals surface area (Å²) in [5.41, 5.74) is 3.38. The van der Waals surface area contributed by atoms with Gasteiger partial charge in [0.25, 0.3) is 0 Å². The largest absolute Gasteiger partial charge is 0.490 e. The number of halogens is 1. The van der Waals surface area contributed by atoms with Crippen LogP contribution in [0.1, 0.15) is 34.9 Å². The van der Waals surface area contributed by atoms with Gasteiger partial charge >= 0.3 is 0 Å². The molecule has 0 unspecified atom stereocenters. The van der Waals surface area contributed by atoms with Gasteiger partial charge in [-0.2, -0.15) is 10.4 Å². The summed E-state index contributed by atoms with van der Waals surface area (Å²) in [5.74, 6) is 1.08. The molecule has 0 saturated carbocycles. The van der Waals surface area contributed by atoms with Gasteiger partial charge in [0, 0.05) is 18.4 Å². The third-order valence-electron chi connectivity index (χ3n) is 4.63. The number of hydrogen-bond donors (Lipinski definition) is 0. The molecule has 0 bridgehead atoms. The van der Waals surface area contributed by atoms with Gasteiger partial charge < -0.3 is 14.2 Å². The average Bonchev–Trinajstić information content (AvgIpc) is 2.79. The van der Waals surface area contributed by atoms with E-state index in [1.807, 2.05) is 26.0 Å². The number of azo groups is 1. The first-order valence-corrected chi connectivity index (χ1v) is 10.4. The minimum atomic E-state index is -0.307. The van der Waals surface area contributed by atoms with Gasteiger partial charge in [0.2, 0.25) is 0 Å². The SMILES string of the molecule is CCOc1cc(CN=Nc2nc(C)cc(COC)c2C#N)ccc1OCc1cccc(F)c1. The summed E-state index contributed by atoms with van der Waals surface area (Å²) < 4.78 is 30.1. The molecule has 0 radical (unpaired) electrons. The smallest absolute Gasteiger partial charge is 0.192 e. The molecule has 0 N–H and O–H groups in total. The van der Waals surface area contributed by atoms with E-state index in [1.165, 1.54) is 12.1 Å². The van der Waals surface area contributed by atoms with Crippen LogP contribution in [0, 0.1) is 24.1 Å². The summed E-state index contributed by atoms with van der Waals surface area (Å²) in [4.78, 5) is 4.33. The maximum atomic E-state index is 13.4. The molecular formula is C25H25FN4O3. The zero-order chi connectivity index (χ0) is 23.6. The van der Waals surface area contributed by atoms with Crippen molar-refractivity contribution in [2.75, 3.05) is 13.7 Å². The number of ether oxygens (including phenoxy) is 3. The molecule has 2 aromatic carbocycles. The molecule has 0 aliphatic heterocycles. The van der Waals surface area contributed by atoms with Crippen LogP contribution in [0.15, 0.2) is 58.8 Å². The summed E-state index contributed by atoms with van der Waals surface area (Å²) in [7, 11) is 1.57. The van der Waals surface area contributed by atoms with Crippen molar-refractivity contribution in [1.29, 1.82) is 5.26 Å². The molecule has 8 heteroatoms. The van der Waals surface area contributed by atoms with Crippen molar-refractivity contribution in [2.24, 2.45) is 10.2 Å². The molecule has 33 heavy (non-hydrogen) atoms. The second-order valence-corrected chi connectivity index (χ2v) is 7.20. The number of rotatable bonds is 10. The lowest BCUT2D eigenvalue weighted by Gasteiger charge is -2.13. The fraction of sp³-hybridized carbons (Fsp3) is 0.280. The number of hydrogen-bond acceptors (Lipinski definition) is 7. The highest BCUT2D eigenvalue weighted by Gasteiger charge is 2.11. The fourth-order valence-electron chi connectivity index (χ4n) is 3.20. The molecule has 170 valence electrons. The Morgan fingerprint density at radius 1 is 1.03 bits per heavy atom. The second kappa shape index (κ2) is 11.7. The van der Waals surface area contributed by atoms with Crippen LogP contribution in [-0.4, -0.2) is 18.7 Å². The number of pyridine rings is 1. The highest BCUT2D eigenvalue weighted by Crippen LogP contribution is 2.30. The van der Waals surface area contributed by atoms with Gasteiger partial charge in [-0.3, -0.25) is 0 Å². The van der Waals surface area contributed by atoms with Gasteiger partial charge in [-0.1, -0.05) is 18.2 Å². The van der Waals surface area contributed by atoms with E-state index in [2.05, 4.69) is 21.3 Å². The van der Waals surface area contributed by atoms with E-state index in [0.29, 0.717) is 30.3 Å². The Balaban J connectivity index is 1.75. The molecule has 0 saturated heterocycles. The van der Waals surface area contributed by atoms with Gasteiger partial charge in [0.15, 0.2) is 17.3 Å². The van der Waals surface area contributed by atoms with Crippen LogP contribution in [0.4, 0.5) is 10.2 Å². The van der Waals surface area contributed by atoms with Crippen LogP contribution < -0.4 is 9.47 Å². The molecule has 3 rings (SSSR count). The molecule has 3 aromatic rings. The molecule has 0 amide bonds. The molecule has 0 aliphatic rings. The Labute approximate surface area is 192 Å². The Kier molecular flexibility index (Phi) is 8.44. The van der Waals surface area contributed by atoms with Gasteiger partial charge in [-0.05, 0) is 55.3 Å². The van der Waals surface area contributed by atoms with E-state index >= 15 is 0 Å². The molecule has 0 fully saturated rings. The molecule has 1 heterocycles. The summed E-state index contributed by atoms with van der Waals surface area (Å²) in [5, 5.41) is 17.9. The summed E-state index contributed by atoms with van der Waals surface area (Å²) in [6.45, 7) is 4.95. The van der Waals surface area contributed by atoms with Crippen LogP contribution in [0.3, 0.4) is 0 Å². The highest BCUT2D eigenvalue weighted by molar-refractivity contribution is 5.53. The van der Waals surface area contributed by atoms with E-state index < -0.39 is 0 Å². The van der Waals surface area contributed by atoms with Crippen LogP contribution in [0.5, 0.6) is 11.5 Å². The number of methoxy groups -OCH3 is 1. The number of aryl methyl sites for hydroxylation is 1. The lowest BCUT2D eigenvalue weighted by Crippen LogP contribution is -2.00. The van der Waals surface area contributed by atoms with E-state index in [4.69, 9.17) is 14.2 Å². The second-order valence-electron chi connectivity index (χ2n) is 7.20. The van der Waals surface area contributed by atoms with Gasteiger partial charge in [-0.15, -0.1) is 5.11 Å². The molecule has 0 atom stereocenters. The Bertz CT molecular complexity index is 1170. The first-order valence-electron chi connectivity index (χ1n) is 10.4.